The normalized spacial score (nSPS) is 38.2. The molecule has 1 aliphatic rings. The molecule has 1 radical (unpaired) electrons. The predicted molar refractivity (Wildman–Crippen MR) is 29.4 cm³/mol. The molecule has 0 aromatic carbocycles. The number of halogens is 1. The molecule has 1 fully saturated rings. The van der Waals surface area contributed by atoms with Crippen molar-refractivity contribution in [3.05, 3.63) is 0 Å². The average molecular weight is 117 g/mol. The van der Waals surface area contributed by atoms with Crippen LogP contribution in [0.5, 0.6) is 0 Å². The van der Waals surface area contributed by atoms with E-state index in [1.54, 1.807) is 0 Å². The number of alkyl halides is 1. The van der Waals surface area contributed by atoms with Crippen LogP contribution in [-0.2, 0) is 0 Å². The second-order valence-corrected chi connectivity index (χ2v) is 2.35. The Bertz CT molecular complexity index is 78.5. The van der Waals surface area contributed by atoms with Crippen LogP contribution in [0, 0.1) is 0 Å². The topological polar surface area (TPSA) is 40.1 Å². The fourth-order valence-corrected chi connectivity index (χ4v) is 0.792. The van der Waals surface area contributed by atoms with Gasteiger partial charge in [-0.05, 0) is 6.42 Å². The molecule has 3 heteroatoms. The zero-order chi connectivity index (χ0) is 6.04. The summed E-state index contributed by atoms with van der Waals surface area (Å²) in [4.78, 5) is 0. The highest BCUT2D eigenvalue weighted by Gasteiger charge is 2.29. The molecule has 1 heterocycles. The summed E-state index contributed by atoms with van der Waals surface area (Å²) in [5.41, 5.74) is 4.89. The van der Waals surface area contributed by atoms with E-state index < -0.39 is 12.2 Å². The minimum Gasteiger partial charge on any atom is -0.322 e. The van der Waals surface area contributed by atoms with E-state index in [0.717, 1.165) is 6.54 Å². The molecule has 1 unspecified atom stereocenters. The lowest BCUT2D eigenvalue weighted by Gasteiger charge is -2.15. The standard InChI is InChI=1S/C5H10FN2/c6-3-5(7)1-2-8-4-5/h1-4,7H2. The van der Waals surface area contributed by atoms with Gasteiger partial charge in [0.05, 0.1) is 5.54 Å². The van der Waals surface area contributed by atoms with E-state index in [1.165, 1.54) is 0 Å². The van der Waals surface area contributed by atoms with Crippen LogP contribution < -0.4 is 11.1 Å². The Morgan fingerprint density at radius 2 is 2.50 bits per heavy atom. The van der Waals surface area contributed by atoms with Crippen LogP contribution in [0.15, 0.2) is 0 Å². The Kier molecular flexibility index (Phi) is 1.49. The first-order chi connectivity index (χ1) is 3.77. The molecule has 0 amide bonds. The molecule has 2 N–H and O–H groups in total. The number of nitrogens with two attached hydrogens (primary N) is 1. The Balaban J connectivity index is 2.40. The van der Waals surface area contributed by atoms with Crippen LogP contribution in [0.25, 0.3) is 0 Å². The summed E-state index contributed by atoms with van der Waals surface area (Å²) in [6.45, 7) is 0.806. The van der Waals surface area contributed by atoms with Crippen LogP contribution in [0.4, 0.5) is 4.39 Å². The number of rotatable bonds is 1. The van der Waals surface area contributed by atoms with E-state index in [-0.39, 0.29) is 0 Å². The lowest BCUT2D eigenvalue weighted by Crippen LogP contribution is -2.43. The maximum absolute atomic E-state index is 11.9. The summed E-state index contributed by atoms with van der Waals surface area (Å²) in [5.74, 6) is 0. The number of hydrogen-bond acceptors (Lipinski definition) is 1. The Hall–Kier alpha value is -0.150. The third-order valence-electron chi connectivity index (χ3n) is 1.46. The molecule has 0 aromatic heterocycles. The third kappa shape index (κ3) is 0.980. The molecule has 2 nitrogen and oxygen atoms in total. The highest BCUT2D eigenvalue weighted by Crippen LogP contribution is 2.11. The Morgan fingerprint density at radius 1 is 1.75 bits per heavy atom. The molecule has 1 rings (SSSR count). The van der Waals surface area contributed by atoms with Gasteiger partial charge in [0, 0.05) is 13.1 Å². The zero-order valence-corrected chi connectivity index (χ0v) is 4.73. The summed E-state index contributed by atoms with van der Waals surface area (Å²) in [6.07, 6.45) is 0.712. The van der Waals surface area contributed by atoms with Gasteiger partial charge in [-0.25, -0.2) is 9.71 Å². The second kappa shape index (κ2) is 1.99. The minimum absolute atomic E-state index is 0.434. The van der Waals surface area contributed by atoms with Crippen molar-refractivity contribution in [2.24, 2.45) is 5.73 Å². The van der Waals surface area contributed by atoms with Crippen LogP contribution in [0.1, 0.15) is 6.42 Å². The monoisotopic (exact) mass is 117 g/mol. The van der Waals surface area contributed by atoms with Crippen molar-refractivity contribution < 1.29 is 4.39 Å². The van der Waals surface area contributed by atoms with Crippen molar-refractivity contribution in [1.82, 2.24) is 5.32 Å². The summed E-state index contributed by atoms with van der Waals surface area (Å²) in [5, 5.41) is 3.94. The van der Waals surface area contributed by atoms with Gasteiger partial charge >= 0.3 is 0 Å². The van der Waals surface area contributed by atoms with Gasteiger partial charge in [-0.15, -0.1) is 0 Å². The zero-order valence-electron chi connectivity index (χ0n) is 4.73. The van der Waals surface area contributed by atoms with Crippen molar-refractivity contribution in [2.75, 3.05) is 19.8 Å². The van der Waals surface area contributed by atoms with Crippen molar-refractivity contribution >= 4 is 0 Å². The molecule has 1 aliphatic heterocycles. The molecule has 0 aromatic rings. The third-order valence-corrected chi connectivity index (χ3v) is 1.46. The number of nitrogens with zero attached hydrogens (tertiary/aromatic N) is 1. The van der Waals surface area contributed by atoms with E-state index in [1.807, 2.05) is 0 Å². The quantitative estimate of drug-likeness (QED) is 0.501. The first kappa shape index (κ1) is 5.98. The van der Waals surface area contributed by atoms with E-state index >= 15 is 0 Å². The van der Waals surface area contributed by atoms with E-state index in [2.05, 4.69) is 5.32 Å². The number of hydrogen-bond donors (Lipinski definition) is 1. The van der Waals surface area contributed by atoms with Crippen LogP contribution >= 0.6 is 0 Å². The van der Waals surface area contributed by atoms with Crippen molar-refractivity contribution in [2.45, 2.75) is 12.0 Å². The molecule has 0 spiro atoms. The molecular weight excluding hydrogens is 107 g/mol. The fraction of sp³-hybridized carbons (Fsp3) is 1.00. The van der Waals surface area contributed by atoms with E-state index in [9.17, 15) is 4.39 Å². The minimum atomic E-state index is -0.597. The smallest absolute Gasteiger partial charge is 0.109 e. The van der Waals surface area contributed by atoms with Gasteiger partial charge in [0.2, 0.25) is 0 Å². The first-order valence-electron chi connectivity index (χ1n) is 2.75. The largest absolute Gasteiger partial charge is 0.322 e. The molecule has 0 bridgehead atoms. The Morgan fingerprint density at radius 3 is 2.75 bits per heavy atom. The maximum atomic E-state index is 11.9. The van der Waals surface area contributed by atoms with Gasteiger partial charge < -0.3 is 5.73 Å². The SMILES string of the molecule is NC1(CF)CC[N]C1. The van der Waals surface area contributed by atoms with Crippen molar-refractivity contribution in [3.8, 4) is 0 Å². The van der Waals surface area contributed by atoms with Gasteiger partial charge in [-0.1, -0.05) is 0 Å². The average Bonchev–Trinajstić information content (AvgIpc) is 2.17. The van der Waals surface area contributed by atoms with Crippen LogP contribution in [0.2, 0.25) is 0 Å². The molecule has 8 heavy (non-hydrogen) atoms. The molecule has 0 saturated carbocycles. The van der Waals surface area contributed by atoms with Crippen LogP contribution in [0.3, 0.4) is 0 Å². The van der Waals surface area contributed by atoms with Crippen molar-refractivity contribution in [3.63, 3.8) is 0 Å². The predicted octanol–water partition coefficient (Wildman–Crippen LogP) is -0.339. The van der Waals surface area contributed by atoms with Gasteiger partial charge in [0.15, 0.2) is 0 Å². The highest BCUT2D eigenvalue weighted by molar-refractivity contribution is 4.91. The summed E-state index contributed by atoms with van der Waals surface area (Å²) in [6, 6.07) is 0. The lowest BCUT2D eigenvalue weighted by molar-refractivity contribution is 0.328. The van der Waals surface area contributed by atoms with Gasteiger partial charge in [0.25, 0.3) is 0 Å². The van der Waals surface area contributed by atoms with Gasteiger partial charge in [-0.2, -0.15) is 0 Å². The molecule has 1 atom stereocenters. The molecular formula is C5H10FN2. The second-order valence-electron chi connectivity index (χ2n) is 2.35. The fourth-order valence-electron chi connectivity index (χ4n) is 0.792. The maximum Gasteiger partial charge on any atom is 0.109 e. The summed E-state index contributed by atoms with van der Waals surface area (Å²) in [7, 11) is 0. The van der Waals surface area contributed by atoms with E-state index in [4.69, 9.17) is 5.73 Å². The van der Waals surface area contributed by atoms with Crippen LogP contribution in [-0.4, -0.2) is 25.3 Å². The lowest BCUT2D eigenvalue weighted by atomic mass is 10.0. The highest BCUT2D eigenvalue weighted by atomic mass is 19.1. The van der Waals surface area contributed by atoms with E-state index in [0.29, 0.717) is 13.0 Å². The summed E-state index contributed by atoms with van der Waals surface area (Å²) >= 11 is 0. The van der Waals surface area contributed by atoms with Gasteiger partial charge in [0.1, 0.15) is 6.67 Å². The molecule has 1 saturated heterocycles. The summed E-state index contributed by atoms with van der Waals surface area (Å²) < 4.78 is 11.9. The molecule has 47 valence electrons. The Labute approximate surface area is 48.2 Å². The molecule has 0 aliphatic carbocycles. The first-order valence-corrected chi connectivity index (χ1v) is 2.75. The van der Waals surface area contributed by atoms with Gasteiger partial charge in [-0.3, -0.25) is 0 Å². The van der Waals surface area contributed by atoms with Crippen molar-refractivity contribution in [1.29, 1.82) is 0 Å².